The molecule has 3 nitrogen and oxygen atoms in total. The summed E-state index contributed by atoms with van der Waals surface area (Å²) in [7, 11) is 1.56. The average Bonchev–Trinajstić information content (AvgIpc) is 2.48. The minimum absolute atomic E-state index is 0.131. The van der Waals surface area contributed by atoms with Gasteiger partial charge in [0.25, 0.3) is 0 Å². The zero-order valence-corrected chi connectivity index (χ0v) is 12.5. The monoisotopic (exact) mass is 332 g/mol. The van der Waals surface area contributed by atoms with Gasteiger partial charge in [0.15, 0.2) is 11.6 Å². The largest absolute Gasteiger partial charge is 0.497 e. The Balaban J connectivity index is 2.06. The number of carbonyl (C=O) groups excluding carboxylic acids is 2. The average molecular weight is 333 g/mol. The van der Waals surface area contributed by atoms with Gasteiger partial charge in [-0.2, -0.15) is 0 Å². The lowest BCUT2D eigenvalue weighted by molar-refractivity contribution is 0.0894. The molecule has 0 saturated heterocycles. The first kappa shape index (κ1) is 14.5. The molecule has 4 heteroatoms. The SMILES string of the molecule is COc1ccc(C(=O)CC(=O)c2ccc(Br)cc2)cc1. The molecule has 20 heavy (non-hydrogen) atoms. The second kappa shape index (κ2) is 6.48. The standard InChI is InChI=1S/C16H13BrO3/c1-20-14-8-4-12(5-9-14)16(19)10-15(18)11-2-6-13(17)7-3-11/h2-9H,10H2,1H3. The van der Waals surface area contributed by atoms with Gasteiger partial charge < -0.3 is 4.74 Å². The predicted molar refractivity (Wildman–Crippen MR) is 80.4 cm³/mol. The quantitative estimate of drug-likeness (QED) is 0.615. The fraction of sp³-hybridized carbons (Fsp3) is 0.125. The highest BCUT2D eigenvalue weighted by atomic mass is 79.9. The number of methoxy groups -OCH3 is 1. The number of hydrogen-bond acceptors (Lipinski definition) is 3. The maximum absolute atomic E-state index is 12.0. The van der Waals surface area contributed by atoms with Gasteiger partial charge >= 0.3 is 0 Å². The third-order valence-corrected chi connectivity index (χ3v) is 3.43. The molecule has 102 valence electrons. The van der Waals surface area contributed by atoms with Crippen molar-refractivity contribution in [1.29, 1.82) is 0 Å². The van der Waals surface area contributed by atoms with E-state index in [0.29, 0.717) is 16.9 Å². The number of benzene rings is 2. The van der Waals surface area contributed by atoms with E-state index in [1.54, 1.807) is 55.6 Å². The van der Waals surface area contributed by atoms with Crippen molar-refractivity contribution in [1.82, 2.24) is 0 Å². The molecule has 0 radical (unpaired) electrons. The van der Waals surface area contributed by atoms with Crippen LogP contribution in [0, 0.1) is 0 Å². The molecule has 0 spiro atoms. The first-order valence-corrected chi connectivity index (χ1v) is 6.85. The molecule has 0 amide bonds. The molecule has 0 fully saturated rings. The van der Waals surface area contributed by atoms with Crippen LogP contribution in [0.25, 0.3) is 0 Å². The summed E-state index contributed by atoms with van der Waals surface area (Å²) in [6.07, 6.45) is -0.131. The van der Waals surface area contributed by atoms with Gasteiger partial charge in [0.1, 0.15) is 5.75 Å². The predicted octanol–water partition coefficient (Wildman–Crippen LogP) is 3.91. The van der Waals surface area contributed by atoms with Crippen LogP contribution in [0.2, 0.25) is 0 Å². The number of carbonyl (C=O) groups is 2. The van der Waals surface area contributed by atoms with E-state index >= 15 is 0 Å². The first-order chi connectivity index (χ1) is 9.60. The van der Waals surface area contributed by atoms with E-state index in [0.717, 1.165) is 4.47 Å². The molecular formula is C16H13BrO3. The summed E-state index contributed by atoms with van der Waals surface area (Å²) in [5.41, 5.74) is 1.05. The van der Waals surface area contributed by atoms with Crippen molar-refractivity contribution >= 4 is 27.5 Å². The minimum atomic E-state index is -0.194. The lowest BCUT2D eigenvalue weighted by Crippen LogP contribution is -2.08. The van der Waals surface area contributed by atoms with E-state index in [-0.39, 0.29) is 18.0 Å². The summed E-state index contributed by atoms with van der Waals surface area (Å²) in [6.45, 7) is 0. The van der Waals surface area contributed by atoms with E-state index in [9.17, 15) is 9.59 Å². The van der Waals surface area contributed by atoms with Gasteiger partial charge in [-0.15, -0.1) is 0 Å². The molecule has 0 heterocycles. The van der Waals surface area contributed by atoms with Crippen LogP contribution in [-0.4, -0.2) is 18.7 Å². The molecule has 2 aromatic rings. The van der Waals surface area contributed by atoms with Crippen LogP contribution in [0.3, 0.4) is 0 Å². The Morgan fingerprint density at radius 2 is 1.35 bits per heavy atom. The van der Waals surface area contributed by atoms with Crippen LogP contribution in [0.15, 0.2) is 53.0 Å². The highest BCUT2D eigenvalue weighted by Crippen LogP contribution is 2.15. The van der Waals surface area contributed by atoms with Gasteiger partial charge in [0, 0.05) is 15.6 Å². The summed E-state index contributed by atoms with van der Waals surface area (Å²) in [5, 5.41) is 0. The van der Waals surface area contributed by atoms with Crippen molar-refractivity contribution in [3.8, 4) is 5.75 Å². The van der Waals surface area contributed by atoms with Crippen LogP contribution in [0.5, 0.6) is 5.75 Å². The van der Waals surface area contributed by atoms with Gasteiger partial charge in [-0.3, -0.25) is 9.59 Å². The summed E-state index contributed by atoms with van der Waals surface area (Å²) >= 11 is 3.31. The lowest BCUT2D eigenvalue weighted by atomic mass is 10.0. The topological polar surface area (TPSA) is 43.4 Å². The van der Waals surface area contributed by atoms with E-state index in [2.05, 4.69) is 15.9 Å². The molecular weight excluding hydrogens is 320 g/mol. The highest BCUT2D eigenvalue weighted by molar-refractivity contribution is 9.10. The number of Topliss-reactive ketones (excluding diaryl/α,β-unsaturated/α-hetero) is 2. The Kier molecular flexibility index (Phi) is 4.69. The second-order valence-electron chi connectivity index (χ2n) is 4.26. The molecule has 0 atom stereocenters. The molecule has 0 N–H and O–H groups in total. The van der Waals surface area contributed by atoms with Gasteiger partial charge in [0.2, 0.25) is 0 Å². The molecule has 2 rings (SSSR count). The molecule has 0 aliphatic rings. The van der Waals surface area contributed by atoms with Crippen molar-refractivity contribution in [3.63, 3.8) is 0 Å². The van der Waals surface area contributed by atoms with Gasteiger partial charge in [-0.25, -0.2) is 0 Å². The smallest absolute Gasteiger partial charge is 0.170 e. The van der Waals surface area contributed by atoms with E-state index in [1.807, 2.05) is 0 Å². The number of ether oxygens (including phenoxy) is 1. The number of rotatable bonds is 5. The zero-order chi connectivity index (χ0) is 14.5. The Labute approximate surface area is 125 Å². The Bertz CT molecular complexity index is 615. The van der Waals surface area contributed by atoms with Crippen molar-refractivity contribution in [2.45, 2.75) is 6.42 Å². The van der Waals surface area contributed by atoms with Crippen LogP contribution in [-0.2, 0) is 0 Å². The molecule has 0 aliphatic heterocycles. The minimum Gasteiger partial charge on any atom is -0.497 e. The van der Waals surface area contributed by atoms with Crippen LogP contribution in [0.1, 0.15) is 27.1 Å². The summed E-state index contributed by atoms with van der Waals surface area (Å²) in [6, 6.07) is 13.7. The molecule has 0 bridgehead atoms. The molecule has 0 aliphatic carbocycles. The lowest BCUT2D eigenvalue weighted by Gasteiger charge is -2.03. The molecule has 2 aromatic carbocycles. The Morgan fingerprint density at radius 3 is 1.80 bits per heavy atom. The van der Waals surface area contributed by atoms with Crippen molar-refractivity contribution < 1.29 is 14.3 Å². The van der Waals surface area contributed by atoms with E-state index < -0.39 is 0 Å². The Morgan fingerprint density at radius 1 is 0.900 bits per heavy atom. The van der Waals surface area contributed by atoms with Crippen LogP contribution in [0.4, 0.5) is 0 Å². The zero-order valence-electron chi connectivity index (χ0n) is 10.9. The van der Waals surface area contributed by atoms with E-state index in [1.165, 1.54) is 0 Å². The maximum atomic E-state index is 12.0. The van der Waals surface area contributed by atoms with Gasteiger partial charge in [0.05, 0.1) is 13.5 Å². The van der Waals surface area contributed by atoms with Gasteiger partial charge in [-0.1, -0.05) is 28.1 Å². The van der Waals surface area contributed by atoms with Crippen molar-refractivity contribution in [2.24, 2.45) is 0 Å². The molecule has 0 unspecified atom stereocenters. The first-order valence-electron chi connectivity index (χ1n) is 6.06. The third kappa shape index (κ3) is 3.54. The number of ketones is 2. The normalized spacial score (nSPS) is 10.1. The maximum Gasteiger partial charge on any atom is 0.170 e. The molecule has 0 aromatic heterocycles. The third-order valence-electron chi connectivity index (χ3n) is 2.90. The highest BCUT2D eigenvalue weighted by Gasteiger charge is 2.13. The number of halogens is 1. The Hall–Kier alpha value is -1.94. The number of hydrogen-bond donors (Lipinski definition) is 0. The van der Waals surface area contributed by atoms with E-state index in [4.69, 9.17) is 4.74 Å². The fourth-order valence-electron chi connectivity index (χ4n) is 1.76. The summed E-state index contributed by atoms with van der Waals surface area (Å²) in [4.78, 5) is 24.0. The van der Waals surface area contributed by atoms with Crippen molar-refractivity contribution in [3.05, 3.63) is 64.1 Å². The summed E-state index contributed by atoms with van der Waals surface area (Å²) < 4.78 is 5.93. The fourth-order valence-corrected chi connectivity index (χ4v) is 2.03. The summed E-state index contributed by atoms with van der Waals surface area (Å²) in [5.74, 6) is 0.305. The van der Waals surface area contributed by atoms with Crippen LogP contribution < -0.4 is 4.74 Å². The van der Waals surface area contributed by atoms with Crippen LogP contribution >= 0.6 is 15.9 Å². The molecule has 0 saturated carbocycles. The van der Waals surface area contributed by atoms with Gasteiger partial charge in [-0.05, 0) is 36.4 Å². The van der Waals surface area contributed by atoms with Crippen molar-refractivity contribution in [2.75, 3.05) is 7.11 Å². The second-order valence-corrected chi connectivity index (χ2v) is 5.17.